The average molecular weight is 585 g/mol. The van der Waals surface area contributed by atoms with Gasteiger partial charge in [-0.1, -0.05) is 54.1 Å². The first-order valence-corrected chi connectivity index (χ1v) is 14.8. The lowest BCUT2D eigenvalue weighted by molar-refractivity contribution is 0.00857. The van der Waals surface area contributed by atoms with Crippen LogP contribution in [-0.2, 0) is 12.0 Å². The number of rotatable bonds is 8. The molecule has 220 valence electrons. The van der Waals surface area contributed by atoms with Gasteiger partial charge in [-0.15, -0.1) is 0 Å². The fraction of sp³-hybridized carbons (Fsp3) is 0.455. The highest BCUT2D eigenvalue weighted by Gasteiger charge is 2.50. The Balaban J connectivity index is 1.60. The summed E-state index contributed by atoms with van der Waals surface area (Å²) in [6, 6.07) is 13.6. The summed E-state index contributed by atoms with van der Waals surface area (Å²) in [5.74, 6) is -0.982. The number of nitrogens with one attached hydrogen (secondary N) is 1. The van der Waals surface area contributed by atoms with E-state index in [0.29, 0.717) is 48.9 Å². The topological polar surface area (TPSA) is 87.7 Å². The van der Waals surface area contributed by atoms with Gasteiger partial charge in [0.15, 0.2) is 5.60 Å². The molecule has 5 N–H and O–H groups in total. The lowest BCUT2D eigenvalue weighted by Gasteiger charge is -2.38. The second-order valence-corrected chi connectivity index (χ2v) is 12.4. The number of hydrogen-bond acceptors (Lipinski definition) is 5. The maximum atomic E-state index is 16.2. The number of halogens is 3. The third-order valence-corrected chi connectivity index (χ3v) is 9.19. The second kappa shape index (κ2) is 11.6. The average Bonchev–Trinajstić information content (AvgIpc) is 3.21. The van der Waals surface area contributed by atoms with Crippen LogP contribution in [0.1, 0.15) is 74.2 Å². The van der Waals surface area contributed by atoms with Crippen LogP contribution in [0.5, 0.6) is 5.75 Å². The van der Waals surface area contributed by atoms with Crippen LogP contribution < -0.4 is 15.8 Å². The molecule has 41 heavy (non-hydrogen) atoms. The number of hydrogen-bond donors (Lipinski definition) is 4. The molecule has 5 nitrogen and oxygen atoms in total. The Morgan fingerprint density at radius 1 is 1.12 bits per heavy atom. The Labute approximate surface area is 245 Å². The van der Waals surface area contributed by atoms with Crippen LogP contribution in [0.3, 0.4) is 0 Å². The van der Waals surface area contributed by atoms with Crippen molar-refractivity contribution in [3.63, 3.8) is 0 Å². The van der Waals surface area contributed by atoms with E-state index in [1.165, 1.54) is 6.07 Å². The molecule has 0 spiro atoms. The summed E-state index contributed by atoms with van der Waals surface area (Å²) < 4.78 is 38.2. The minimum absolute atomic E-state index is 0.153. The van der Waals surface area contributed by atoms with Gasteiger partial charge < -0.3 is 26.0 Å². The van der Waals surface area contributed by atoms with Crippen LogP contribution in [0.2, 0.25) is 5.02 Å². The molecular formula is C33H39ClF2N2O3. The molecule has 3 aromatic rings. The van der Waals surface area contributed by atoms with E-state index in [-0.39, 0.29) is 27.9 Å². The largest absolute Gasteiger partial charge is 0.479 e. The zero-order chi connectivity index (χ0) is 29.5. The Morgan fingerprint density at radius 3 is 2.46 bits per heavy atom. The van der Waals surface area contributed by atoms with Crippen LogP contribution in [0, 0.1) is 18.6 Å². The number of nitrogens with two attached hydrogens (primary N) is 1. The van der Waals surface area contributed by atoms with Crippen molar-refractivity contribution in [3.05, 3.63) is 87.4 Å². The number of aliphatic hydroxyl groups excluding tert-OH is 1. The Kier molecular flexibility index (Phi) is 8.48. The second-order valence-electron chi connectivity index (χ2n) is 12.1. The molecule has 1 fully saturated rings. The Morgan fingerprint density at radius 2 is 1.80 bits per heavy atom. The highest BCUT2D eigenvalue weighted by molar-refractivity contribution is 6.34. The van der Waals surface area contributed by atoms with Crippen molar-refractivity contribution >= 4 is 11.6 Å². The van der Waals surface area contributed by atoms with Crippen molar-refractivity contribution in [2.24, 2.45) is 5.73 Å². The fourth-order valence-corrected chi connectivity index (χ4v) is 6.53. The molecule has 0 bridgehead atoms. The van der Waals surface area contributed by atoms with Gasteiger partial charge in [-0.05, 0) is 76.0 Å². The van der Waals surface area contributed by atoms with Crippen LogP contribution in [0.4, 0.5) is 8.78 Å². The van der Waals surface area contributed by atoms with Crippen molar-refractivity contribution in [2.75, 3.05) is 6.54 Å². The number of benzene rings is 3. The first kappa shape index (κ1) is 29.9. The highest BCUT2D eigenvalue weighted by atomic mass is 35.5. The lowest BCUT2D eigenvalue weighted by atomic mass is 9.80. The standard InChI is InChI=1S/C33H39ClF2N2O3/c1-19-9-11-21(12-10-20(2)39)30(36)26(19)28-27-25(17-24(35)29(28)34)41-33(31(27)37,22-7-5-4-6-8-22)18-38-23-13-15-32(3,40)16-14-23/h4-9,11,17,20,23,31,38-40H,10,12-16,18,37H2,1-3H3/t20-,23-,31-,32-,33+/m0/s1. The third kappa shape index (κ3) is 5.75. The van der Waals surface area contributed by atoms with Gasteiger partial charge in [-0.25, -0.2) is 8.78 Å². The number of ether oxygens (including phenoxy) is 1. The van der Waals surface area contributed by atoms with Gasteiger partial charge >= 0.3 is 0 Å². The quantitative estimate of drug-likeness (QED) is 0.243. The summed E-state index contributed by atoms with van der Waals surface area (Å²) in [6.45, 7) is 5.61. The summed E-state index contributed by atoms with van der Waals surface area (Å²) >= 11 is 6.63. The van der Waals surface area contributed by atoms with E-state index in [0.717, 1.165) is 18.4 Å². The van der Waals surface area contributed by atoms with Gasteiger partial charge in [-0.2, -0.15) is 0 Å². The maximum Gasteiger partial charge on any atom is 0.166 e. The van der Waals surface area contributed by atoms with Gasteiger partial charge in [0.2, 0.25) is 0 Å². The van der Waals surface area contributed by atoms with E-state index >= 15 is 8.78 Å². The van der Waals surface area contributed by atoms with Gasteiger partial charge in [0.1, 0.15) is 17.4 Å². The minimum atomic E-state index is -1.11. The molecule has 8 heteroatoms. The van der Waals surface area contributed by atoms with Gasteiger partial charge in [0, 0.05) is 35.3 Å². The maximum absolute atomic E-state index is 16.2. The lowest BCUT2D eigenvalue weighted by Crippen LogP contribution is -2.51. The van der Waals surface area contributed by atoms with E-state index in [1.54, 1.807) is 26.0 Å². The monoisotopic (exact) mass is 584 g/mol. The molecule has 1 aliphatic heterocycles. The van der Waals surface area contributed by atoms with E-state index in [2.05, 4.69) is 5.32 Å². The Bertz CT molecular complexity index is 1410. The normalized spacial score (nSPS) is 26.5. The molecule has 0 unspecified atom stereocenters. The first-order chi connectivity index (χ1) is 19.4. The highest BCUT2D eigenvalue weighted by Crippen LogP contribution is 2.54. The third-order valence-electron chi connectivity index (χ3n) is 8.82. The van der Waals surface area contributed by atoms with Gasteiger partial charge in [0.25, 0.3) is 0 Å². The molecular weight excluding hydrogens is 546 g/mol. The van der Waals surface area contributed by atoms with E-state index < -0.39 is 35.0 Å². The number of aryl methyl sites for hydroxylation is 2. The number of fused-ring (bicyclic) bond motifs is 1. The molecule has 0 radical (unpaired) electrons. The predicted molar refractivity (Wildman–Crippen MR) is 158 cm³/mol. The molecule has 1 saturated carbocycles. The number of aliphatic hydroxyl groups is 2. The molecule has 5 rings (SSSR count). The Hall–Kier alpha value is -2.55. The minimum Gasteiger partial charge on any atom is -0.479 e. The van der Waals surface area contributed by atoms with E-state index in [1.807, 2.05) is 37.3 Å². The van der Waals surface area contributed by atoms with Crippen molar-refractivity contribution in [3.8, 4) is 16.9 Å². The van der Waals surface area contributed by atoms with Gasteiger partial charge in [-0.3, -0.25) is 0 Å². The summed E-state index contributed by atoms with van der Waals surface area (Å²) in [5.41, 5.74) is 7.97. The van der Waals surface area contributed by atoms with Crippen molar-refractivity contribution < 1.29 is 23.7 Å². The molecule has 1 heterocycles. The van der Waals surface area contributed by atoms with Crippen molar-refractivity contribution in [1.82, 2.24) is 5.32 Å². The molecule has 3 aromatic carbocycles. The van der Waals surface area contributed by atoms with Crippen molar-refractivity contribution in [2.45, 2.75) is 88.7 Å². The van der Waals surface area contributed by atoms with E-state index in [9.17, 15) is 10.2 Å². The predicted octanol–water partition coefficient (Wildman–Crippen LogP) is 6.48. The van der Waals surface area contributed by atoms with Crippen LogP contribution in [-0.4, -0.2) is 34.5 Å². The fourth-order valence-electron chi connectivity index (χ4n) is 6.27. The molecule has 2 aliphatic rings. The van der Waals surface area contributed by atoms with E-state index in [4.69, 9.17) is 22.1 Å². The van der Waals surface area contributed by atoms with Crippen LogP contribution >= 0.6 is 11.6 Å². The molecule has 0 amide bonds. The van der Waals surface area contributed by atoms with Gasteiger partial charge in [0.05, 0.1) is 22.8 Å². The molecule has 1 aliphatic carbocycles. The summed E-state index contributed by atoms with van der Waals surface area (Å²) in [7, 11) is 0. The molecule has 0 aromatic heterocycles. The smallest absolute Gasteiger partial charge is 0.166 e. The molecule has 3 atom stereocenters. The molecule has 0 saturated heterocycles. The van der Waals surface area contributed by atoms with Crippen molar-refractivity contribution in [1.29, 1.82) is 0 Å². The summed E-state index contributed by atoms with van der Waals surface area (Å²) in [4.78, 5) is 0. The zero-order valence-electron chi connectivity index (χ0n) is 23.8. The summed E-state index contributed by atoms with van der Waals surface area (Å²) in [6.07, 6.45) is 3.09. The summed E-state index contributed by atoms with van der Waals surface area (Å²) in [5, 5.41) is 23.6. The SMILES string of the molecule is Cc1ccc(CC[C@H](C)O)c(F)c1-c1c(Cl)c(F)cc2c1[C@H](N)[C@@](CN[C@H]1CC[C@](C)(O)CC1)(c1ccccc1)O2. The zero-order valence-corrected chi connectivity index (χ0v) is 24.6. The van der Waals surface area contributed by atoms with Crippen LogP contribution in [0.15, 0.2) is 48.5 Å². The van der Waals surface area contributed by atoms with Crippen LogP contribution in [0.25, 0.3) is 11.1 Å². The first-order valence-electron chi connectivity index (χ1n) is 14.4.